The molecule has 2 N–H and O–H groups in total. The Bertz CT molecular complexity index is 603. The molecule has 2 fully saturated rings. The molecule has 1 atom stereocenters. The van der Waals surface area contributed by atoms with Crippen molar-refractivity contribution in [1.82, 2.24) is 20.0 Å². The Hall–Kier alpha value is -1.89. The van der Waals surface area contributed by atoms with Gasteiger partial charge in [-0.2, -0.15) is 5.10 Å². The second-order valence-corrected chi connectivity index (χ2v) is 7.49. The Kier molecular flexibility index (Phi) is 6.66. The van der Waals surface area contributed by atoms with E-state index in [0.717, 1.165) is 45.2 Å². The molecule has 144 valence electrons. The average Bonchev–Trinajstić information content (AvgIpc) is 3.29. The lowest BCUT2D eigenvalue weighted by molar-refractivity contribution is -0.123. The number of nitrogens with zero attached hydrogens (tertiary/aromatic N) is 3. The van der Waals surface area contributed by atoms with E-state index in [2.05, 4.69) is 27.6 Å². The monoisotopic (exact) mass is 361 g/mol. The van der Waals surface area contributed by atoms with Crippen molar-refractivity contribution in [3.05, 3.63) is 12.4 Å². The highest BCUT2D eigenvalue weighted by Crippen LogP contribution is 2.18. The van der Waals surface area contributed by atoms with Gasteiger partial charge in [-0.05, 0) is 45.2 Å². The van der Waals surface area contributed by atoms with Crippen LogP contribution in [-0.2, 0) is 16.1 Å². The molecule has 0 aromatic carbocycles. The van der Waals surface area contributed by atoms with Crippen molar-refractivity contribution in [1.29, 1.82) is 0 Å². The van der Waals surface area contributed by atoms with Crippen LogP contribution in [0.2, 0.25) is 0 Å². The van der Waals surface area contributed by atoms with Gasteiger partial charge < -0.3 is 10.6 Å². The maximum absolute atomic E-state index is 12.6. The van der Waals surface area contributed by atoms with Gasteiger partial charge in [-0.25, -0.2) is 0 Å². The molecule has 1 aliphatic heterocycles. The van der Waals surface area contributed by atoms with Gasteiger partial charge in [0.2, 0.25) is 11.8 Å². The third-order valence-corrected chi connectivity index (χ3v) is 5.45. The Balaban J connectivity index is 1.50. The molecule has 7 nitrogen and oxygen atoms in total. The fraction of sp³-hybridized carbons (Fsp3) is 0.737. The SMILES string of the molecule is CCC(C(=O)Nc1cnn(CC(=O)NC2CCCC2)c1)N1CCCCC1. The number of likely N-dealkylation sites (tertiary alicyclic amines) is 1. The molecule has 1 aliphatic carbocycles. The minimum Gasteiger partial charge on any atom is -0.352 e. The van der Waals surface area contributed by atoms with Crippen LogP contribution >= 0.6 is 0 Å². The highest BCUT2D eigenvalue weighted by Gasteiger charge is 2.25. The quantitative estimate of drug-likeness (QED) is 0.780. The molecule has 2 heterocycles. The van der Waals surface area contributed by atoms with Crippen molar-refractivity contribution in [3.63, 3.8) is 0 Å². The maximum Gasteiger partial charge on any atom is 0.241 e. The molecule has 1 saturated heterocycles. The molecule has 1 unspecified atom stereocenters. The van der Waals surface area contributed by atoms with Crippen molar-refractivity contribution in [3.8, 4) is 0 Å². The first-order valence-corrected chi connectivity index (χ1v) is 10.0. The van der Waals surface area contributed by atoms with Crippen molar-refractivity contribution < 1.29 is 9.59 Å². The number of hydrogen-bond acceptors (Lipinski definition) is 4. The lowest BCUT2D eigenvalue weighted by Crippen LogP contribution is -2.46. The smallest absolute Gasteiger partial charge is 0.241 e. The second-order valence-electron chi connectivity index (χ2n) is 7.49. The number of hydrogen-bond donors (Lipinski definition) is 2. The van der Waals surface area contributed by atoms with E-state index < -0.39 is 0 Å². The first-order valence-electron chi connectivity index (χ1n) is 10.0. The number of anilines is 1. The van der Waals surface area contributed by atoms with Gasteiger partial charge in [-0.1, -0.05) is 26.2 Å². The van der Waals surface area contributed by atoms with Crippen LogP contribution in [0.15, 0.2) is 12.4 Å². The normalized spacial score (nSPS) is 20.0. The summed E-state index contributed by atoms with van der Waals surface area (Å²) in [5, 5.41) is 10.2. The van der Waals surface area contributed by atoms with Gasteiger partial charge in [0.15, 0.2) is 0 Å². The molecule has 3 rings (SSSR count). The van der Waals surface area contributed by atoms with E-state index in [1.807, 2.05) is 0 Å². The molecule has 1 aromatic heterocycles. The third-order valence-electron chi connectivity index (χ3n) is 5.45. The average molecular weight is 361 g/mol. The van der Waals surface area contributed by atoms with Crippen LogP contribution < -0.4 is 10.6 Å². The van der Waals surface area contributed by atoms with Crippen LogP contribution in [0.4, 0.5) is 5.69 Å². The van der Waals surface area contributed by atoms with E-state index in [1.54, 1.807) is 17.1 Å². The largest absolute Gasteiger partial charge is 0.352 e. The first kappa shape index (κ1) is 18.9. The summed E-state index contributed by atoms with van der Waals surface area (Å²) in [6, 6.07) is 0.219. The zero-order valence-electron chi connectivity index (χ0n) is 15.7. The summed E-state index contributed by atoms with van der Waals surface area (Å²) in [4.78, 5) is 27.0. The topological polar surface area (TPSA) is 79.3 Å². The molecule has 0 radical (unpaired) electrons. The lowest BCUT2D eigenvalue weighted by Gasteiger charge is -2.32. The number of amides is 2. The first-order chi connectivity index (χ1) is 12.7. The van der Waals surface area contributed by atoms with E-state index in [0.29, 0.717) is 11.7 Å². The van der Waals surface area contributed by atoms with Gasteiger partial charge in [-0.3, -0.25) is 19.2 Å². The predicted molar refractivity (Wildman–Crippen MR) is 101 cm³/mol. The fourth-order valence-corrected chi connectivity index (χ4v) is 4.07. The van der Waals surface area contributed by atoms with Crippen LogP contribution in [0.25, 0.3) is 0 Å². The molecule has 7 heteroatoms. The number of nitrogens with one attached hydrogen (secondary N) is 2. The standard InChI is InChI=1S/C19H31N5O2/c1-2-17(23-10-6-3-7-11-23)19(26)22-16-12-20-24(13-16)14-18(25)21-15-8-4-5-9-15/h12-13,15,17H,2-11,14H2,1H3,(H,21,25)(H,22,26). The second kappa shape index (κ2) is 9.16. The van der Waals surface area contributed by atoms with Crippen molar-refractivity contribution in [2.24, 2.45) is 0 Å². The number of rotatable bonds is 7. The number of carbonyl (C=O) groups is 2. The summed E-state index contributed by atoms with van der Waals surface area (Å²) < 4.78 is 1.59. The summed E-state index contributed by atoms with van der Waals surface area (Å²) in [7, 11) is 0. The van der Waals surface area contributed by atoms with E-state index in [1.165, 1.54) is 19.3 Å². The predicted octanol–water partition coefficient (Wildman–Crippen LogP) is 2.14. The van der Waals surface area contributed by atoms with Crippen LogP contribution in [0.3, 0.4) is 0 Å². The summed E-state index contributed by atoms with van der Waals surface area (Å²) in [6.45, 7) is 4.23. The molecular weight excluding hydrogens is 330 g/mol. The maximum atomic E-state index is 12.6. The van der Waals surface area contributed by atoms with Crippen LogP contribution in [0.5, 0.6) is 0 Å². The molecule has 0 bridgehead atoms. The molecular formula is C19H31N5O2. The van der Waals surface area contributed by atoms with Gasteiger partial charge in [0, 0.05) is 12.2 Å². The Morgan fingerprint density at radius 1 is 1.19 bits per heavy atom. The number of carbonyl (C=O) groups excluding carboxylic acids is 2. The van der Waals surface area contributed by atoms with E-state index in [4.69, 9.17) is 0 Å². The highest BCUT2D eigenvalue weighted by atomic mass is 16.2. The van der Waals surface area contributed by atoms with Gasteiger partial charge in [-0.15, -0.1) is 0 Å². The van der Waals surface area contributed by atoms with Gasteiger partial charge in [0.05, 0.1) is 17.9 Å². The molecule has 1 saturated carbocycles. The summed E-state index contributed by atoms with van der Waals surface area (Å²) in [5.74, 6) is 0.00184. The highest BCUT2D eigenvalue weighted by molar-refractivity contribution is 5.94. The van der Waals surface area contributed by atoms with Gasteiger partial charge in [0.25, 0.3) is 0 Å². The molecule has 0 spiro atoms. The van der Waals surface area contributed by atoms with Crippen molar-refractivity contribution in [2.75, 3.05) is 18.4 Å². The van der Waals surface area contributed by atoms with E-state index >= 15 is 0 Å². The Labute approximate surface area is 155 Å². The third kappa shape index (κ3) is 5.06. The molecule has 2 amide bonds. The van der Waals surface area contributed by atoms with Crippen molar-refractivity contribution >= 4 is 17.5 Å². The summed E-state index contributed by atoms with van der Waals surface area (Å²) >= 11 is 0. The fourth-order valence-electron chi connectivity index (χ4n) is 4.07. The van der Waals surface area contributed by atoms with Crippen LogP contribution in [0, 0.1) is 0 Å². The minimum absolute atomic E-state index is 0.0161. The van der Waals surface area contributed by atoms with Crippen molar-refractivity contribution in [2.45, 2.75) is 76.9 Å². The van der Waals surface area contributed by atoms with Crippen LogP contribution in [-0.4, -0.2) is 51.7 Å². The number of piperidine rings is 1. The zero-order valence-corrected chi connectivity index (χ0v) is 15.7. The summed E-state index contributed by atoms with van der Waals surface area (Å²) in [5.41, 5.74) is 0.652. The zero-order chi connectivity index (χ0) is 18.4. The molecule has 1 aromatic rings. The minimum atomic E-state index is -0.0932. The Morgan fingerprint density at radius 2 is 1.92 bits per heavy atom. The lowest BCUT2D eigenvalue weighted by atomic mass is 10.1. The van der Waals surface area contributed by atoms with Crippen LogP contribution in [0.1, 0.15) is 58.3 Å². The van der Waals surface area contributed by atoms with Gasteiger partial charge in [0.1, 0.15) is 6.54 Å². The molecule has 2 aliphatic rings. The number of aromatic nitrogens is 2. The molecule has 26 heavy (non-hydrogen) atoms. The van der Waals surface area contributed by atoms with E-state index in [9.17, 15) is 9.59 Å². The van der Waals surface area contributed by atoms with Gasteiger partial charge >= 0.3 is 0 Å². The summed E-state index contributed by atoms with van der Waals surface area (Å²) in [6.07, 6.45) is 12.3. The van der Waals surface area contributed by atoms with E-state index in [-0.39, 0.29) is 24.4 Å². The Morgan fingerprint density at radius 3 is 2.62 bits per heavy atom.